The zero-order valence-corrected chi connectivity index (χ0v) is 19.3. The second kappa shape index (κ2) is 8.68. The molecule has 9 nitrogen and oxygen atoms in total. The molecule has 11 heteroatoms. The molecule has 0 bridgehead atoms. The van der Waals surface area contributed by atoms with Gasteiger partial charge >= 0.3 is 0 Å². The van der Waals surface area contributed by atoms with Gasteiger partial charge in [0, 0.05) is 31.9 Å². The molecule has 0 atom stereocenters. The summed E-state index contributed by atoms with van der Waals surface area (Å²) >= 11 is 0. The summed E-state index contributed by atoms with van der Waals surface area (Å²) in [5, 5.41) is 11.3. The van der Waals surface area contributed by atoms with Crippen LogP contribution in [0.4, 0.5) is 4.39 Å². The number of nitriles is 1. The fraction of sp³-hybridized carbons (Fsp3) is 0.391. The summed E-state index contributed by atoms with van der Waals surface area (Å²) in [6.07, 6.45) is 1.03. The van der Waals surface area contributed by atoms with E-state index in [9.17, 15) is 27.2 Å². The van der Waals surface area contributed by atoms with Crippen molar-refractivity contribution in [2.75, 3.05) is 18.8 Å². The molecule has 0 radical (unpaired) electrons. The lowest BCUT2D eigenvalue weighted by Gasteiger charge is -2.32. The number of carbonyl (C=O) groups is 2. The molecule has 1 aromatic carbocycles. The lowest BCUT2D eigenvalue weighted by Crippen LogP contribution is -2.50. The summed E-state index contributed by atoms with van der Waals surface area (Å²) in [5.41, 5.74) is -0.374. The summed E-state index contributed by atoms with van der Waals surface area (Å²) in [4.78, 5) is 39.9. The van der Waals surface area contributed by atoms with Gasteiger partial charge in [-0.3, -0.25) is 14.4 Å². The standard InChI is InChI=1S/C23H23FN4O5S/c1-2-34(32,33)23(7-8-23)14-27-9-10-28-19(22(27)31)6-5-17(21(28)30)20(29)26-13-15-3-4-16(12-25)18(24)11-15/h3-6,11H,2,7-10,13-14H2,1H3,(H,26,29). The van der Waals surface area contributed by atoms with Crippen LogP contribution in [0, 0.1) is 17.1 Å². The van der Waals surface area contributed by atoms with Crippen LogP contribution in [0.25, 0.3) is 0 Å². The van der Waals surface area contributed by atoms with E-state index in [1.807, 2.05) is 0 Å². The molecule has 34 heavy (non-hydrogen) atoms. The summed E-state index contributed by atoms with van der Waals surface area (Å²) in [5.74, 6) is -1.81. The minimum absolute atomic E-state index is 0.0126. The maximum Gasteiger partial charge on any atom is 0.270 e. The highest BCUT2D eigenvalue weighted by atomic mass is 32.2. The Bertz CT molecular complexity index is 1390. The normalized spacial score (nSPS) is 16.5. The third-order valence-electron chi connectivity index (χ3n) is 6.45. The van der Waals surface area contributed by atoms with Gasteiger partial charge in [0.15, 0.2) is 9.84 Å². The Labute approximate surface area is 195 Å². The molecule has 1 aromatic heterocycles. The van der Waals surface area contributed by atoms with Gasteiger partial charge in [-0.1, -0.05) is 13.0 Å². The van der Waals surface area contributed by atoms with Gasteiger partial charge in [0.2, 0.25) is 0 Å². The highest BCUT2D eigenvalue weighted by molar-refractivity contribution is 7.93. The molecule has 1 saturated carbocycles. The molecule has 2 amide bonds. The number of amides is 2. The lowest BCUT2D eigenvalue weighted by molar-refractivity contribution is 0.0695. The van der Waals surface area contributed by atoms with Gasteiger partial charge in [-0.2, -0.15) is 5.26 Å². The molecule has 178 valence electrons. The first-order valence-corrected chi connectivity index (χ1v) is 12.5. The quantitative estimate of drug-likeness (QED) is 0.626. The van der Waals surface area contributed by atoms with Gasteiger partial charge < -0.3 is 14.8 Å². The maximum atomic E-state index is 13.8. The van der Waals surface area contributed by atoms with E-state index in [2.05, 4.69) is 5.32 Å². The molecular weight excluding hydrogens is 463 g/mol. The molecule has 0 unspecified atom stereocenters. The number of fused-ring (bicyclic) bond motifs is 1. The third-order valence-corrected chi connectivity index (χ3v) is 9.07. The van der Waals surface area contributed by atoms with Crippen LogP contribution in [0.15, 0.2) is 35.1 Å². The van der Waals surface area contributed by atoms with Crippen molar-refractivity contribution in [3.8, 4) is 6.07 Å². The second-order valence-corrected chi connectivity index (χ2v) is 11.2. The highest BCUT2D eigenvalue weighted by Crippen LogP contribution is 2.45. The number of hydrogen-bond acceptors (Lipinski definition) is 6. The van der Waals surface area contributed by atoms with Crippen LogP contribution < -0.4 is 10.9 Å². The van der Waals surface area contributed by atoms with E-state index in [1.165, 1.54) is 33.7 Å². The van der Waals surface area contributed by atoms with Crippen molar-refractivity contribution in [2.45, 2.75) is 37.6 Å². The van der Waals surface area contributed by atoms with Crippen molar-refractivity contribution in [1.29, 1.82) is 5.26 Å². The first-order valence-electron chi connectivity index (χ1n) is 10.8. The minimum atomic E-state index is -3.30. The molecule has 1 aliphatic heterocycles. The summed E-state index contributed by atoms with van der Waals surface area (Å²) < 4.78 is 38.9. The van der Waals surface area contributed by atoms with Gasteiger partial charge in [0.1, 0.15) is 23.1 Å². The molecule has 1 aliphatic carbocycles. The van der Waals surface area contributed by atoms with E-state index in [0.29, 0.717) is 18.4 Å². The Hall–Kier alpha value is -3.52. The first-order chi connectivity index (χ1) is 16.1. The van der Waals surface area contributed by atoms with Crippen LogP contribution in [0.2, 0.25) is 0 Å². The predicted octanol–water partition coefficient (Wildman–Crippen LogP) is 1.21. The van der Waals surface area contributed by atoms with E-state index < -0.39 is 37.8 Å². The van der Waals surface area contributed by atoms with E-state index in [1.54, 1.807) is 13.0 Å². The van der Waals surface area contributed by atoms with Crippen LogP contribution in [-0.2, 0) is 22.9 Å². The zero-order valence-electron chi connectivity index (χ0n) is 18.5. The number of carbonyl (C=O) groups excluding carboxylic acids is 2. The number of nitrogens with zero attached hydrogens (tertiary/aromatic N) is 3. The number of nitrogens with one attached hydrogen (secondary N) is 1. The minimum Gasteiger partial charge on any atom is -0.348 e. The first kappa shape index (κ1) is 23.6. The smallest absolute Gasteiger partial charge is 0.270 e. The molecular formula is C23H23FN4O5S. The Morgan fingerprint density at radius 2 is 1.94 bits per heavy atom. The molecule has 4 rings (SSSR count). The van der Waals surface area contributed by atoms with E-state index in [0.717, 1.165) is 6.07 Å². The number of hydrogen-bond donors (Lipinski definition) is 1. The number of rotatable bonds is 7. The van der Waals surface area contributed by atoms with Crippen LogP contribution >= 0.6 is 0 Å². The number of benzene rings is 1. The van der Waals surface area contributed by atoms with Crippen molar-refractivity contribution in [3.05, 3.63) is 68.9 Å². The van der Waals surface area contributed by atoms with Crippen LogP contribution in [0.3, 0.4) is 0 Å². The summed E-state index contributed by atoms with van der Waals surface area (Å²) in [6, 6.07) is 8.31. The summed E-state index contributed by atoms with van der Waals surface area (Å²) in [7, 11) is -3.30. The van der Waals surface area contributed by atoms with Gasteiger partial charge in [-0.05, 0) is 42.7 Å². The fourth-order valence-electron chi connectivity index (χ4n) is 4.19. The third kappa shape index (κ3) is 4.09. The van der Waals surface area contributed by atoms with Crippen LogP contribution in [0.1, 0.15) is 51.7 Å². The number of pyridine rings is 1. The lowest BCUT2D eigenvalue weighted by atomic mass is 10.1. The number of halogens is 1. The highest BCUT2D eigenvalue weighted by Gasteiger charge is 2.55. The van der Waals surface area contributed by atoms with Crippen LogP contribution in [0.5, 0.6) is 0 Å². The maximum absolute atomic E-state index is 13.8. The molecule has 0 spiro atoms. The van der Waals surface area contributed by atoms with Gasteiger partial charge in [-0.15, -0.1) is 0 Å². The molecule has 2 heterocycles. The van der Waals surface area contributed by atoms with Crippen molar-refractivity contribution < 1.29 is 22.4 Å². The van der Waals surface area contributed by atoms with Crippen LogP contribution in [-0.4, -0.2) is 53.3 Å². The Balaban J connectivity index is 1.49. The monoisotopic (exact) mass is 486 g/mol. The predicted molar refractivity (Wildman–Crippen MR) is 120 cm³/mol. The van der Waals surface area contributed by atoms with Crippen molar-refractivity contribution in [2.24, 2.45) is 0 Å². The zero-order chi connectivity index (χ0) is 24.7. The second-order valence-electron chi connectivity index (χ2n) is 8.51. The average molecular weight is 487 g/mol. The Kier molecular flexibility index (Phi) is 6.03. The molecule has 0 saturated heterocycles. The van der Waals surface area contributed by atoms with Gasteiger partial charge in [0.05, 0.1) is 10.3 Å². The molecule has 2 aliphatic rings. The molecule has 2 aromatic rings. The van der Waals surface area contributed by atoms with Crippen molar-refractivity contribution in [1.82, 2.24) is 14.8 Å². The van der Waals surface area contributed by atoms with Gasteiger partial charge in [-0.25, -0.2) is 12.8 Å². The van der Waals surface area contributed by atoms with E-state index in [-0.39, 0.29) is 48.8 Å². The largest absolute Gasteiger partial charge is 0.348 e. The van der Waals surface area contributed by atoms with Crippen molar-refractivity contribution >= 4 is 21.7 Å². The van der Waals surface area contributed by atoms with Crippen molar-refractivity contribution in [3.63, 3.8) is 0 Å². The van der Waals surface area contributed by atoms with E-state index in [4.69, 9.17) is 5.26 Å². The fourth-order valence-corrected chi connectivity index (χ4v) is 5.88. The van der Waals surface area contributed by atoms with E-state index >= 15 is 0 Å². The molecule has 1 fully saturated rings. The number of aromatic nitrogens is 1. The summed E-state index contributed by atoms with van der Waals surface area (Å²) in [6.45, 7) is 1.95. The average Bonchev–Trinajstić information content (AvgIpc) is 3.61. The SMILES string of the molecule is CCS(=O)(=O)C1(CN2CCn3c(ccc(C(=O)NCc4ccc(C#N)c(F)c4)c3=O)C2=O)CC1. The Morgan fingerprint density at radius 1 is 1.21 bits per heavy atom. The topological polar surface area (TPSA) is 129 Å². The van der Waals surface area contributed by atoms with Gasteiger partial charge in [0.25, 0.3) is 17.4 Å². The number of sulfone groups is 1. The molecule has 1 N–H and O–H groups in total. The Morgan fingerprint density at radius 3 is 2.56 bits per heavy atom.